The molecule has 15 heavy (non-hydrogen) atoms. The molecule has 0 spiro atoms. The number of halogens is 2. The molecule has 0 heterocycles. The zero-order valence-corrected chi connectivity index (χ0v) is 9.28. The van der Waals surface area contributed by atoms with Gasteiger partial charge in [0.25, 0.3) is 0 Å². The average Bonchev–Trinajstić information content (AvgIpc) is 2.15. The van der Waals surface area contributed by atoms with Crippen molar-refractivity contribution in [1.29, 1.82) is 5.26 Å². The van der Waals surface area contributed by atoms with Gasteiger partial charge in [-0.05, 0) is 44.4 Å². The molecule has 0 N–H and O–H groups in total. The highest BCUT2D eigenvalue weighted by Gasteiger charge is 2.27. The summed E-state index contributed by atoms with van der Waals surface area (Å²) in [7, 11) is 0. The van der Waals surface area contributed by atoms with Gasteiger partial charge in [-0.15, -0.1) is 0 Å². The van der Waals surface area contributed by atoms with Crippen molar-refractivity contribution in [2.75, 3.05) is 0 Å². The highest BCUT2D eigenvalue weighted by molar-refractivity contribution is 5.44. The van der Waals surface area contributed by atoms with Crippen molar-refractivity contribution in [2.24, 2.45) is 0 Å². The molecule has 1 rings (SSSR count). The SMILES string of the molecule is Cc1c(F)cc(F)c(C)c1C(C)(C)C#N. The van der Waals surface area contributed by atoms with Crippen LogP contribution in [0.4, 0.5) is 8.78 Å². The van der Waals surface area contributed by atoms with Gasteiger partial charge in [-0.3, -0.25) is 0 Å². The zero-order valence-electron chi connectivity index (χ0n) is 9.28. The van der Waals surface area contributed by atoms with Gasteiger partial charge >= 0.3 is 0 Å². The van der Waals surface area contributed by atoms with Crippen LogP contribution in [-0.2, 0) is 5.41 Å². The molecule has 0 saturated carbocycles. The van der Waals surface area contributed by atoms with Crippen molar-refractivity contribution in [1.82, 2.24) is 0 Å². The van der Waals surface area contributed by atoms with Gasteiger partial charge in [0.15, 0.2) is 0 Å². The van der Waals surface area contributed by atoms with Gasteiger partial charge in [-0.1, -0.05) is 0 Å². The van der Waals surface area contributed by atoms with Crippen molar-refractivity contribution >= 4 is 0 Å². The van der Waals surface area contributed by atoms with Gasteiger partial charge in [-0.25, -0.2) is 8.78 Å². The molecule has 0 aromatic heterocycles. The lowest BCUT2D eigenvalue weighted by Crippen LogP contribution is -2.19. The molecule has 80 valence electrons. The topological polar surface area (TPSA) is 23.8 Å². The first-order valence-corrected chi connectivity index (χ1v) is 4.68. The third-order valence-corrected chi connectivity index (χ3v) is 2.62. The van der Waals surface area contributed by atoms with Gasteiger partial charge in [0, 0.05) is 6.07 Å². The van der Waals surface area contributed by atoms with Gasteiger partial charge in [0.2, 0.25) is 0 Å². The minimum atomic E-state index is -0.878. The van der Waals surface area contributed by atoms with Crippen LogP contribution in [0.3, 0.4) is 0 Å². The second-order valence-corrected chi connectivity index (χ2v) is 4.20. The van der Waals surface area contributed by atoms with E-state index in [1.54, 1.807) is 27.7 Å². The molecular formula is C12H13F2N. The van der Waals surface area contributed by atoms with Crippen LogP contribution in [0, 0.1) is 36.8 Å². The van der Waals surface area contributed by atoms with Crippen molar-refractivity contribution in [3.05, 3.63) is 34.4 Å². The van der Waals surface area contributed by atoms with E-state index < -0.39 is 17.0 Å². The van der Waals surface area contributed by atoms with Crippen LogP contribution in [0.15, 0.2) is 6.07 Å². The minimum Gasteiger partial charge on any atom is -0.207 e. The van der Waals surface area contributed by atoms with Crippen molar-refractivity contribution in [3.63, 3.8) is 0 Å². The summed E-state index contributed by atoms with van der Waals surface area (Å²) >= 11 is 0. The van der Waals surface area contributed by atoms with Crippen molar-refractivity contribution in [3.8, 4) is 6.07 Å². The molecule has 0 bridgehead atoms. The molecule has 1 aromatic carbocycles. The van der Waals surface area contributed by atoms with Crippen LogP contribution < -0.4 is 0 Å². The van der Waals surface area contributed by atoms with E-state index in [0.29, 0.717) is 16.7 Å². The Morgan fingerprint density at radius 3 is 1.87 bits per heavy atom. The van der Waals surface area contributed by atoms with E-state index in [9.17, 15) is 8.78 Å². The number of nitriles is 1. The Balaban J connectivity index is 3.62. The Kier molecular flexibility index (Phi) is 2.81. The summed E-state index contributed by atoms with van der Waals surface area (Å²) < 4.78 is 26.7. The maximum absolute atomic E-state index is 13.3. The third kappa shape index (κ3) is 1.85. The van der Waals surface area contributed by atoms with Crippen LogP contribution >= 0.6 is 0 Å². The standard InChI is InChI=1S/C12H13F2N/c1-7-9(13)5-10(14)8(2)11(7)12(3,4)6-15/h5H,1-4H3. The number of hydrogen-bond donors (Lipinski definition) is 0. The Morgan fingerprint density at radius 2 is 1.53 bits per heavy atom. The van der Waals surface area contributed by atoms with Crippen LogP contribution in [-0.4, -0.2) is 0 Å². The average molecular weight is 209 g/mol. The first-order chi connectivity index (χ1) is 6.81. The monoisotopic (exact) mass is 209 g/mol. The maximum Gasteiger partial charge on any atom is 0.129 e. The summed E-state index contributed by atoms with van der Waals surface area (Å²) in [6.07, 6.45) is 0. The molecule has 1 aromatic rings. The van der Waals surface area contributed by atoms with Crippen LogP contribution in [0.25, 0.3) is 0 Å². The van der Waals surface area contributed by atoms with E-state index in [-0.39, 0.29) is 0 Å². The zero-order chi connectivity index (χ0) is 11.8. The predicted molar refractivity (Wildman–Crippen MR) is 54.5 cm³/mol. The van der Waals surface area contributed by atoms with Crippen LogP contribution in [0.1, 0.15) is 30.5 Å². The van der Waals surface area contributed by atoms with E-state index in [4.69, 9.17) is 5.26 Å². The molecule has 0 saturated heterocycles. The second kappa shape index (κ2) is 3.62. The fourth-order valence-electron chi connectivity index (χ4n) is 1.84. The van der Waals surface area contributed by atoms with Crippen LogP contribution in [0.5, 0.6) is 0 Å². The van der Waals surface area contributed by atoms with E-state index in [1.807, 2.05) is 0 Å². The number of hydrogen-bond acceptors (Lipinski definition) is 1. The summed E-state index contributed by atoms with van der Waals surface area (Å²) in [5.74, 6) is -1.20. The van der Waals surface area contributed by atoms with E-state index in [2.05, 4.69) is 6.07 Å². The largest absolute Gasteiger partial charge is 0.207 e. The van der Waals surface area contributed by atoms with Gasteiger partial charge in [0.05, 0.1) is 11.5 Å². The van der Waals surface area contributed by atoms with Gasteiger partial charge in [0.1, 0.15) is 11.6 Å². The summed E-state index contributed by atoms with van der Waals surface area (Å²) in [6.45, 7) is 6.44. The normalized spacial score (nSPS) is 11.3. The van der Waals surface area contributed by atoms with E-state index in [1.165, 1.54) is 0 Å². The molecule has 3 heteroatoms. The molecule has 0 fully saturated rings. The molecule has 1 nitrogen and oxygen atoms in total. The van der Waals surface area contributed by atoms with Gasteiger partial charge < -0.3 is 0 Å². The molecule has 0 radical (unpaired) electrons. The molecule has 0 aliphatic rings. The lowest BCUT2D eigenvalue weighted by molar-refractivity contribution is 0.552. The Labute approximate surface area is 88.3 Å². The lowest BCUT2D eigenvalue weighted by atomic mass is 9.80. The smallest absolute Gasteiger partial charge is 0.129 e. The summed E-state index contributed by atoms with van der Waals surface area (Å²) in [4.78, 5) is 0. The van der Waals surface area contributed by atoms with E-state index >= 15 is 0 Å². The van der Waals surface area contributed by atoms with Crippen molar-refractivity contribution in [2.45, 2.75) is 33.1 Å². The maximum atomic E-state index is 13.3. The Hall–Kier alpha value is -1.43. The summed E-state index contributed by atoms with van der Waals surface area (Å²) in [6, 6.07) is 2.92. The fourth-order valence-corrected chi connectivity index (χ4v) is 1.84. The first kappa shape index (κ1) is 11.6. The molecule has 0 aliphatic heterocycles. The van der Waals surface area contributed by atoms with Gasteiger partial charge in [-0.2, -0.15) is 5.26 Å². The van der Waals surface area contributed by atoms with Crippen LogP contribution in [0.2, 0.25) is 0 Å². The third-order valence-electron chi connectivity index (χ3n) is 2.62. The molecule has 0 aliphatic carbocycles. The Morgan fingerprint density at radius 1 is 1.13 bits per heavy atom. The molecule has 0 atom stereocenters. The molecular weight excluding hydrogens is 196 g/mol. The quantitative estimate of drug-likeness (QED) is 0.695. The number of benzene rings is 1. The lowest BCUT2D eigenvalue weighted by Gasteiger charge is -2.22. The molecule has 0 amide bonds. The number of rotatable bonds is 1. The predicted octanol–water partition coefficient (Wildman–Crippen LogP) is 3.38. The highest BCUT2D eigenvalue weighted by atomic mass is 19.1. The first-order valence-electron chi connectivity index (χ1n) is 4.68. The summed E-state index contributed by atoms with van der Waals surface area (Å²) in [5.41, 5.74) is 0.264. The highest BCUT2D eigenvalue weighted by Crippen LogP contribution is 2.31. The Bertz CT molecular complexity index is 416. The second-order valence-electron chi connectivity index (χ2n) is 4.20. The minimum absolute atomic E-state index is 0.348. The fraction of sp³-hybridized carbons (Fsp3) is 0.417. The number of nitrogens with zero attached hydrogens (tertiary/aromatic N) is 1. The molecule has 0 unspecified atom stereocenters. The van der Waals surface area contributed by atoms with Crippen molar-refractivity contribution < 1.29 is 8.78 Å². The summed E-state index contributed by atoms with van der Waals surface area (Å²) in [5, 5.41) is 8.98. The van der Waals surface area contributed by atoms with E-state index in [0.717, 1.165) is 6.07 Å².